The Morgan fingerprint density at radius 1 is 1.28 bits per heavy atom. The molecule has 1 saturated heterocycles. The second-order valence-electron chi connectivity index (χ2n) is 4.83. The van der Waals surface area contributed by atoms with Gasteiger partial charge in [-0.05, 0) is 35.1 Å². The van der Waals surface area contributed by atoms with Crippen LogP contribution in [0.2, 0.25) is 0 Å². The van der Waals surface area contributed by atoms with Crippen LogP contribution in [0.5, 0.6) is 0 Å². The van der Waals surface area contributed by atoms with Gasteiger partial charge in [0.2, 0.25) is 5.95 Å². The van der Waals surface area contributed by atoms with E-state index in [1.54, 1.807) is 0 Å². The molecule has 1 fully saturated rings. The zero-order chi connectivity index (χ0) is 13.0. The number of nitrogens with zero attached hydrogens (tertiary/aromatic N) is 4. The number of piperazine rings is 1. The molecule has 1 unspecified atom stereocenters. The molecule has 1 aliphatic rings. The summed E-state index contributed by atoms with van der Waals surface area (Å²) in [4.78, 5) is 13.5. The molecular weight excluding hydrogens is 341 g/mol. The van der Waals surface area contributed by atoms with Gasteiger partial charge in [-0.2, -0.15) is 0 Å². The van der Waals surface area contributed by atoms with Crippen molar-refractivity contribution in [3.05, 3.63) is 16.0 Å². The van der Waals surface area contributed by atoms with Crippen LogP contribution in [0.15, 0.2) is 12.4 Å². The molecule has 6 heteroatoms. The topological polar surface area (TPSA) is 58.3 Å². The van der Waals surface area contributed by atoms with E-state index in [0.29, 0.717) is 5.92 Å². The quantitative estimate of drug-likeness (QED) is 0.804. The molecule has 2 rings (SSSR count). The van der Waals surface area contributed by atoms with Gasteiger partial charge in [-0.3, -0.25) is 4.90 Å². The Morgan fingerprint density at radius 2 is 1.89 bits per heavy atom. The fourth-order valence-corrected chi connectivity index (χ4v) is 2.39. The van der Waals surface area contributed by atoms with Gasteiger partial charge in [-0.15, -0.1) is 0 Å². The summed E-state index contributed by atoms with van der Waals surface area (Å²) in [7, 11) is 0. The molecule has 0 aliphatic carbocycles. The van der Waals surface area contributed by atoms with Crippen molar-refractivity contribution < 1.29 is 0 Å². The highest BCUT2D eigenvalue weighted by molar-refractivity contribution is 14.1. The molecule has 1 aromatic rings. The zero-order valence-electron chi connectivity index (χ0n) is 10.7. The van der Waals surface area contributed by atoms with Gasteiger partial charge in [-0.1, -0.05) is 6.92 Å². The average molecular weight is 361 g/mol. The van der Waals surface area contributed by atoms with Crippen LogP contribution < -0.4 is 10.6 Å². The Hall–Kier alpha value is -0.470. The monoisotopic (exact) mass is 361 g/mol. The summed E-state index contributed by atoms with van der Waals surface area (Å²) in [5.74, 6) is 1.42. The van der Waals surface area contributed by atoms with Crippen LogP contribution in [0.1, 0.15) is 6.92 Å². The molecule has 0 radical (unpaired) electrons. The minimum Gasteiger partial charge on any atom is -0.338 e. The van der Waals surface area contributed by atoms with Gasteiger partial charge in [0.25, 0.3) is 0 Å². The van der Waals surface area contributed by atoms with Crippen molar-refractivity contribution >= 4 is 28.5 Å². The van der Waals surface area contributed by atoms with E-state index in [-0.39, 0.29) is 0 Å². The summed E-state index contributed by atoms with van der Waals surface area (Å²) in [5.41, 5.74) is 5.66. The summed E-state index contributed by atoms with van der Waals surface area (Å²) in [6.07, 6.45) is 3.73. The Balaban J connectivity index is 1.84. The van der Waals surface area contributed by atoms with Crippen molar-refractivity contribution in [2.45, 2.75) is 6.92 Å². The normalized spacial score (nSPS) is 18.9. The van der Waals surface area contributed by atoms with Crippen molar-refractivity contribution in [1.82, 2.24) is 14.9 Å². The summed E-state index contributed by atoms with van der Waals surface area (Å²) in [5, 5.41) is 0. The maximum Gasteiger partial charge on any atom is 0.225 e. The van der Waals surface area contributed by atoms with Crippen LogP contribution in [-0.4, -0.2) is 54.1 Å². The lowest BCUT2D eigenvalue weighted by molar-refractivity contribution is 0.226. The van der Waals surface area contributed by atoms with Gasteiger partial charge < -0.3 is 10.6 Å². The molecule has 1 atom stereocenters. The van der Waals surface area contributed by atoms with Crippen LogP contribution >= 0.6 is 22.6 Å². The van der Waals surface area contributed by atoms with Crippen LogP contribution in [0.3, 0.4) is 0 Å². The Morgan fingerprint density at radius 3 is 2.44 bits per heavy atom. The van der Waals surface area contributed by atoms with E-state index in [1.807, 2.05) is 12.4 Å². The molecule has 0 spiro atoms. The lowest BCUT2D eigenvalue weighted by Gasteiger charge is -2.35. The predicted octanol–water partition coefficient (Wildman–Crippen LogP) is 0.798. The molecular formula is C12H20IN5. The third-order valence-electron chi connectivity index (χ3n) is 3.23. The summed E-state index contributed by atoms with van der Waals surface area (Å²) >= 11 is 2.22. The van der Waals surface area contributed by atoms with Gasteiger partial charge >= 0.3 is 0 Å². The van der Waals surface area contributed by atoms with Crippen molar-refractivity contribution in [2.24, 2.45) is 11.7 Å². The van der Waals surface area contributed by atoms with Gasteiger partial charge in [0.05, 0.1) is 0 Å². The second-order valence-corrected chi connectivity index (χ2v) is 6.08. The van der Waals surface area contributed by atoms with E-state index in [2.05, 4.69) is 49.3 Å². The number of hydrogen-bond acceptors (Lipinski definition) is 5. The maximum atomic E-state index is 5.66. The van der Waals surface area contributed by atoms with Gasteiger partial charge in [0, 0.05) is 48.7 Å². The smallest absolute Gasteiger partial charge is 0.225 e. The molecule has 18 heavy (non-hydrogen) atoms. The second kappa shape index (κ2) is 6.63. The number of anilines is 1. The first kappa shape index (κ1) is 14.0. The molecule has 0 amide bonds. The molecule has 100 valence electrons. The third kappa shape index (κ3) is 3.76. The van der Waals surface area contributed by atoms with E-state index in [0.717, 1.165) is 48.8 Å². The van der Waals surface area contributed by atoms with Crippen LogP contribution in [0.4, 0.5) is 5.95 Å². The first-order valence-electron chi connectivity index (χ1n) is 6.34. The Kier molecular flexibility index (Phi) is 5.13. The fraction of sp³-hybridized carbons (Fsp3) is 0.667. The lowest BCUT2D eigenvalue weighted by atomic mass is 10.1. The summed E-state index contributed by atoms with van der Waals surface area (Å²) in [6, 6.07) is 0. The van der Waals surface area contributed by atoms with E-state index in [9.17, 15) is 0 Å². The van der Waals surface area contributed by atoms with E-state index in [4.69, 9.17) is 5.73 Å². The van der Waals surface area contributed by atoms with Crippen molar-refractivity contribution in [3.8, 4) is 0 Å². The van der Waals surface area contributed by atoms with Crippen LogP contribution in [-0.2, 0) is 0 Å². The first-order chi connectivity index (χ1) is 8.69. The molecule has 1 aliphatic heterocycles. The minimum absolute atomic E-state index is 0.575. The third-order valence-corrected chi connectivity index (χ3v) is 3.79. The van der Waals surface area contributed by atoms with Crippen LogP contribution in [0.25, 0.3) is 0 Å². The van der Waals surface area contributed by atoms with E-state index >= 15 is 0 Å². The SMILES string of the molecule is CC(CN)CN1CCN(c2ncc(I)cn2)CC1. The average Bonchev–Trinajstić information content (AvgIpc) is 2.40. The standard InChI is InChI=1S/C12H20IN5/c1-10(6-14)9-17-2-4-18(5-3-17)12-15-7-11(13)8-16-12/h7-8,10H,2-6,9,14H2,1H3. The predicted molar refractivity (Wildman–Crippen MR) is 81.6 cm³/mol. The number of aromatic nitrogens is 2. The Labute approximate surface area is 122 Å². The summed E-state index contributed by atoms with van der Waals surface area (Å²) in [6.45, 7) is 8.20. The molecule has 0 bridgehead atoms. The van der Waals surface area contributed by atoms with Crippen molar-refractivity contribution in [1.29, 1.82) is 0 Å². The van der Waals surface area contributed by atoms with Gasteiger partial charge in [0.1, 0.15) is 0 Å². The van der Waals surface area contributed by atoms with E-state index in [1.165, 1.54) is 0 Å². The fourth-order valence-electron chi connectivity index (χ4n) is 2.11. The number of rotatable bonds is 4. The van der Waals surface area contributed by atoms with Crippen molar-refractivity contribution in [3.63, 3.8) is 0 Å². The van der Waals surface area contributed by atoms with E-state index < -0.39 is 0 Å². The maximum absolute atomic E-state index is 5.66. The Bertz CT molecular complexity index is 361. The van der Waals surface area contributed by atoms with Crippen LogP contribution in [0, 0.1) is 9.49 Å². The number of halogens is 1. The van der Waals surface area contributed by atoms with Gasteiger partial charge in [0.15, 0.2) is 0 Å². The molecule has 2 N–H and O–H groups in total. The molecule has 5 nitrogen and oxygen atoms in total. The number of nitrogens with two attached hydrogens (primary N) is 1. The highest BCUT2D eigenvalue weighted by atomic mass is 127. The summed E-state index contributed by atoms with van der Waals surface area (Å²) < 4.78 is 1.08. The first-order valence-corrected chi connectivity index (χ1v) is 7.42. The zero-order valence-corrected chi connectivity index (χ0v) is 12.9. The molecule has 0 aromatic carbocycles. The minimum atomic E-state index is 0.575. The van der Waals surface area contributed by atoms with Gasteiger partial charge in [-0.25, -0.2) is 9.97 Å². The van der Waals surface area contributed by atoms with Crippen molar-refractivity contribution in [2.75, 3.05) is 44.2 Å². The lowest BCUT2D eigenvalue weighted by Crippen LogP contribution is -2.48. The number of hydrogen-bond donors (Lipinski definition) is 1. The highest BCUT2D eigenvalue weighted by Crippen LogP contribution is 2.12. The highest BCUT2D eigenvalue weighted by Gasteiger charge is 2.19. The molecule has 2 heterocycles. The largest absolute Gasteiger partial charge is 0.338 e. The molecule has 1 aromatic heterocycles. The molecule has 0 saturated carbocycles.